The lowest BCUT2D eigenvalue weighted by atomic mass is 10.2. The van der Waals surface area contributed by atoms with Gasteiger partial charge in [0.1, 0.15) is 0 Å². The maximum absolute atomic E-state index is 11.1. The average Bonchev–Trinajstić information content (AvgIpc) is 2.14. The zero-order chi connectivity index (χ0) is 11.8. The summed E-state index contributed by atoms with van der Waals surface area (Å²) in [6.07, 6.45) is -1.00. The fourth-order valence-corrected chi connectivity index (χ4v) is 0.885. The van der Waals surface area contributed by atoms with Crippen LogP contribution in [0, 0.1) is 0 Å². The molecule has 0 fully saturated rings. The number of carbonyl (C=O) groups excluding carboxylic acids is 1. The number of rotatable bonds is 7. The van der Waals surface area contributed by atoms with Gasteiger partial charge in [-0.05, 0) is 14.1 Å². The van der Waals surface area contributed by atoms with E-state index in [1.807, 2.05) is 19.0 Å². The van der Waals surface area contributed by atoms with E-state index in [0.29, 0.717) is 13.0 Å². The summed E-state index contributed by atoms with van der Waals surface area (Å²) in [5.41, 5.74) is 0. The van der Waals surface area contributed by atoms with Crippen molar-refractivity contribution in [2.75, 3.05) is 27.2 Å². The third kappa shape index (κ3) is 7.90. The molecule has 0 radical (unpaired) electrons. The van der Waals surface area contributed by atoms with Gasteiger partial charge in [-0.25, -0.2) is 4.79 Å². The molecular weight excluding hydrogens is 200 g/mol. The number of carboxylic acid groups (broad SMARTS) is 1. The molecule has 15 heavy (non-hydrogen) atoms. The molecule has 6 nitrogen and oxygen atoms in total. The summed E-state index contributed by atoms with van der Waals surface area (Å²) in [5.74, 6) is -1.40. The van der Waals surface area contributed by atoms with E-state index < -0.39 is 12.1 Å². The van der Waals surface area contributed by atoms with E-state index in [4.69, 9.17) is 10.2 Å². The van der Waals surface area contributed by atoms with Crippen molar-refractivity contribution in [3.63, 3.8) is 0 Å². The van der Waals surface area contributed by atoms with Crippen LogP contribution in [0.4, 0.5) is 0 Å². The summed E-state index contributed by atoms with van der Waals surface area (Å²) in [4.78, 5) is 23.2. The van der Waals surface area contributed by atoms with Gasteiger partial charge >= 0.3 is 5.97 Å². The molecule has 0 aliphatic carbocycles. The van der Waals surface area contributed by atoms with Crippen molar-refractivity contribution in [1.29, 1.82) is 0 Å². The van der Waals surface area contributed by atoms with Gasteiger partial charge in [-0.1, -0.05) is 0 Å². The Balaban J connectivity index is 3.51. The number of hydrogen-bond donors (Lipinski definition) is 3. The highest BCUT2D eigenvalue weighted by Gasteiger charge is 2.12. The molecule has 0 unspecified atom stereocenters. The fourth-order valence-electron chi connectivity index (χ4n) is 0.885. The van der Waals surface area contributed by atoms with Crippen LogP contribution in [0.3, 0.4) is 0 Å². The van der Waals surface area contributed by atoms with E-state index in [9.17, 15) is 9.59 Å². The number of aliphatic hydroxyl groups is 1. The molecule has 0 aromatic rings. The van der Waals surface area contributed by atoms with Gasteiger partial charge < -0.3 is 20.4 Å². The number of nitrogens with one attached hydrogen (secondary N) is 1. The molecule has 0 heterocycles. The molecule has 0 aliphatic heterocycles. The first-order chi connectivity index (χ1) is 6.93. The van der Waals surface area contributed by atoms with Crippen molar-refractivity contribution in [2.45, 2.75) is 18.9 Å². The Morgan fingerprint density at radius 1 is 1.40 bits per heavy atom. The van der Waals surface area contributed by atoms with Crippen LogP contribution in [0.5, 0.6) is 0 Å². The first-order valence-corrected chi connectivity index (χ1v) is 4.75. The third-order valence-corrected chi connectivity index (χ3v) is 1.81. The minimum absolute atomic E-state index is 0.0308. The third-order valence-electron chi connectivity index (χ3n) is 1.81. The zero-order valence-electron chi connectivity index (χ0n) is 9.06. The summed E-state index contributed by atoms with van der Waals surface area (Å²) in [6.45, 7) is 0.826. The van der Waals surface area contributed by atoms with Crippen molar-refractivity contribution in [1.82, 2.24) is 10.2 Å². The smallest absolute Gasteiger partial charge is 0.332 e. The quantitative estimate of drug-likeness (QED) is 0.504. The van der Waals surface area contributed by atoms with Gasteiger partial charge in [0.05, 0.1) is 0 Å². The van der Waals surface area contributed by atoms with Gasteiger partial charge in [-0.3, -0.25) is 4.79 Å². The van der Waals surface area contributed by atoms with E-state index in [2.05, 4.69) is 5.32 Å². The van der Waals surface area contributed by atoms with E-state index in [1.165, 1.54) is 0 Å². The van der Waals surface area contributed by atoms with E-state index in [0.717, 1.165) is 0 Å². The molecule has 0 aromatic heterocycles. The minimum Gasteiger partial charge on any atom is -0.479 e. The monoisotopic (exact) mass is 218 g/mol. The SMILES string of the molecule is CN(C)CCC(=O)NCC[C@H](O)C(=O)O. The Morgan fingerprint density at radius 3 is 2.47 bits per heavy atom. The molecule has 0 spiro atoms. The van der Waals surface area contributed by atoms with Gasteiger partial charge in [0.15, 0.2) is 6.10 Å². The number of aliphatic hydroxyl groups excluding tert-OH is 1. The predicted molar refractivity (Wildman–Crippen MR) is 54.4 cm³/mol. The van der Waals surface area contributed by atoms with Gasteiger partial charge in [0.25, 0.3) is 0 Å². The Labute approximate surface area is 88.9 Å². The van der Waals surface area contributed by atoms with Crippen LogP contribution in [-0.4, -0.2) is 60.3 Å². The van der Waals surface area contributed by atoms with E-state index >= 15 is 0 Å². The van der Waals surface area contributed by atoms with Crippen LogP contribution in [-0.2, 0) is 9.59 Å². The van der Waals surface area contributed by atoms with Crippen molar-refractivity contribution < 1.29 is 19.8 Å². The van der Waals surface area contributed by atoms with Gasteiger partial charge in [0.2, 0.25) is 5.91 Å². The highest BCUT2D eigenvalue weighted by atomic mass is 16.4. The van der Waals surface area contributed by atoms with Crippen LogP contribution in [0.2, 0.25) is 0 Å². The molecule has 0 saturated carbocycles. The molecule has 0 rings (SSSR count). The number of amides is 1. The Kier molecular flexibility index (Phi) is 6.64. The molecule has 1 amide bonds. The Morgan fingerprint density at radius 2 is 2.00 bits per heavy atom. The Bertz CT molecular complexity index is 218. The number of aliphatic carboxylic acids is 1. The molecule has 3 N–H and O–H groups in total. The summed E-state index contributed by atoms with van der Waals surface area (Å²) < 4.78 is 0. The first kappa shape index (κ1) is 13.9. The zero-order valence-corrected chi connectivity index (χ0v) is 9.06. The van der Waals surface area contributed by atoms with Crippen molar-refractivity contribution in [3.8, 4) is 0 Å². The van der Waals surface area contributed by atoms with Crippen molar-refractivity contribution in [2.24, 2.45) is 0 Å². The number of carboxylic acids is 1. The molecule has 1 atom stereocenters. The lowest BCUT2D eigenvalue weighted by Crippen LogP contribution is -2.31. The first-order valence-electron chi connectivity index (χ1n) is 4.75. The average molecular weight is 218 g/mol. The molecular formula is C9H18N2O4. The summed E-state index contributed by atoms with van der Waals surface area (Å²) in [6, 6.07) is 0. The van der Waals surface area contributed by atoms with Crippen LogP contribution in [0.25, 0.3) is 0 Å². The van der Waals surface area contributed by atoms with Crippen LogP contribution in [0.15, 0.2) is 0 Å². The van der Waals surface area contributed by atoms with Gasteiger partial charge in [0, 0.05) is 25.9 Å². The lowest BCUT2D eigenvalue weighted by Gasteiger charge is -2.10. The lowest BCUT2D eigenvalue weighted by molar-refractivity contribution is -0.147. The molecule has 0 aromatic carbocycles. The summed E-state index contributed by atoms with van der Waals surface area (Å²) >= 11 is 0. The fraction of sp³-hybridized carbons (Fsp3) is 0.778. The normalized spacial score (nSPS) is 12.5. The van der Waals surface area contributed by atoms with Crippen LogP contribution < -0.4 is 5.32 Å². The van der Waals surface area contributed by atoms with Crippen molar-refractivity contribution >= 4 is 11.9 Å². The second-order valence-electron chi connectivity index (χ2n) is 3.55. The molecule has 0 saturated heterocycles. The van der Waals surface area contributed by atoms with E-state index in [1.54, 1.807) is 0 Å². The van der Waals surface area contributed by atoms with Gasteiger partial charge in [-0.2, -0.15) is 0 Å². The summed E-state index contributed by atoms with van der Waals surface area (Å²) in [5, 5.41) is 19.8. The highest BCUT2D eigenvalue weighted by molar-refractivity contribution is 5.76. The molecule has 6 heteroatoms. The molecule has 0 bridgehead atoms. The maximum atomic E-state index is 11.1. The predicted octanol–water partition coefficient (Wildman–Crippen LogP) is -1.11. The number of hydrogen-bond acceptors (Lipinski definition) is 4. The second kappa shape index (κ2) is 7.19. The highest BCUT2D eigenvalue weighted by Crippen LogP contribution is 1.90. The number of carbonyl (C=O) groups is 2. The molecule has 88 valence electrons. The summed E-state index contributed by atoms with van der Waals surface area (Å²) in [7, 11) is 3.73. The van der Waals surface area contributed by atoms with E-state index in [-0.39, 0.29) is 18.9 Å². The second-order valence-corrected chi connectivity index (χ2v) is 3.55. The molecule has 0 aliphatic rings. The van der Waals surface area contributed by atoms with Crippen LogP contribution in [0.1, 0.15) is 12.8 Å². The van der Waals surface area contributed by atoms with Gasteiger partial charge in [-0.15, -0.1) is 0 Å². The minimum atomic E-state index is -1.40. The topological polar surface area (TPSA) is 89.9 Å². The number of nitrogens with zero attached hydrogens (tertiary/aromatic N) is 1. The maximum Gasteiger partial charge on any atom is 0.332 e. The van der Waals surface area contributed by atoms with Crippen molar-refractivity contribution in [3.05, 3.63) is 0 Å². The Hall–Kier alpha value is -1.14. The largest absolute Gasteiger partial charge is 0.479 e. The van der Waals surface area contributed by atoms with Crippen LogP contribution >= 0.6 is 0 Å². The standard InChI is InChI=1S/C9H18N2O4/c1-11(2)6-4-8(13)10-5-3-7(12)9(14)15/h7,12H,3-6H2,1-2H3,(H,10,13)(H,14,15)/t7-/m0/s1.